The number of amides is 6. The normalized spacial score (nSPS) is 13.4. The highest BCUT2D eigenvalue weighted by Gasteiger charge is 2.41. The topological polar surface area (TPSA) is 355 Å². The first-order valence-corrected chi connectivity index (χ1v) is 28.0. The lowest BCUT2D eigenvalue weighted by molar-refractivity contribution is -0.141. The van der Waals surface area contributed by atoms with Crippen molar-refractivity contribution in [3.8, 4) is 11.1 Å². The number of hydrogen-bond acceptors (Lipinski definition) is 13. The van der Waals surface area contributed by atoms with Crippen LogP contribution in [0.1, 0.15) is 153 Å². The van der Waals surface area contributed by atoms with Gasteiger partial charge in [-0.05, 0) is 88.2 Å². The van der Waals surface area contributed by atoms with Gasteiger partial charge in [-0.2, -0.15) is 0 Å². The molecule has 0 aliphatic heterocycles. The number of aliphatic hydroxyl groups excluding tert-OH is 1. The monoisotopic (exact) mass is 1180 g/mol. The molecule has 7 atom stereocenters. The highest BCUT2D eigenvalue weighted by molar-refractivity contribution is 5.95. The van der Waals surface area contributed by atoms with Crippen molar-refractivity contribution in [2.75, 3.05) is 26.7 Å². The van der Waals surface area contributed by atoms with Gasteiger partial charge in [0.1, 0.15) is 36.6 Å². The van der Waals surface area contributed by atoms with Gasteiger partial charge in [-0.3, -0.25) is 38.4 Å². The number of aliphatic hydroxyl groups is 2. The summed E-state index contributed by atoms with van der Waals surface area (Å²) in [6.45, 7) is 24.1. The number of benzene rings is 2. The van der Waals surface area contributed by atoms with Crippen molar-refractivity contribution in [1.29, 1.82) is 0 Å². The molecule has 0 spiro atoms. The number of likely N-dealkylation sites (N-methyl/N-ethyl adjacent to an activating group) is 1. The summed E-state index contributed by atoms with van der Waals surface area (Å²) in [5.74, 6) is -7.38. The van der Waals surface area contributed by atoms with E-state index in [4.69, 9.17) is 26.5 Å². The quantitative estimate of drug-likeness (QED) is 0.0416. The van der Waals surface area contributed by atoms with E-state index < -0.39 is 113 Å². The first-order valence-electron chi connectivity index (χ1n) is 28.0. The van der Waals surface area contributed by atoms with E-state index in [0.29, 0.717) is 24.0 Å². The third-order valence-electron chi connectivity index (χ3n) is 12.4. The average Bonchev–Trinajstić information content (AvgIpc) is 4.03. The highest BCUT2D eigenvalue weighted by Crippen LogP contribution is 2.41. The summed E-state index contributed by atoms with van der Waals surface area (Å²) in [5.41, 5.74) is 9.77. The number of rotatable bonds is 28. The second kappa shape index (κ2) is 42.6. The molecule has 470 valence electrons. The second-order valence-corrected chi connectivity index (χ2v) is 19.9. The Morgan fingerprint density at radius 1 is 0.795 bits per heavy atom. The molecule has 3 aromatic rings. The van der Waals surface area contributed by atoms with Crippen molar-refractivity contribution in [3.63, 3.8) is 0 Å². The van der Waals surface area contributed by atoms with Crippen LogP contribution in [0.4, 0.5) is 8.78 Å². The zero-order valence-electron chi connectivity index (χ0n) is 51.3. The number of nitrogens with zero attached hydrogens (tertiary/aromatic N) is 2. The summed E-state index contributed by atoms with van der Waals surface area (Å²) in [7, 11) is 1.51. The fourth-order valence-corrected chi connectivity index (χ4v) is 8.10. The molecule has 0 radical (unpaired) electrons. The highest BCUT2D eigenvalue weighted by atomic mass is 19.1. The van der Waals surface area contributed by atoms with Gasteiger partial charge in [0.25, 0.3) is 6.47 Å². The van der Waals surface area contributed by atoms with Crippen molar-refractivity contribution in [2.45, 2.75) is 184 Å². The molecule has 2 aromatic carbocycles. The molecule has 83 heavy (non-hydrogen) atoms. The minimum absolute atomic E-state index is 0.00565. The summed E-state index contributed by atoms with van der Waals surface area (Å²) in [5, 5.41) is 50.3. The van der Waals surface area contributed by atoms with Crippen LogP contribution in [0.25, 0.3) is 11.1 Å². The number of carbonyl (C=O) groups is 9. The standard InChI is InChI=1S/C47H66F2N8O9.C5H11NO2.3C2H6.CH2O2/c1-28(2)47(66,18-16-40(61)52-19-21-58)30(4)53-44(64)36(54-45(65)37(24-39(50)60)55-43(63)29(3)51-8)17-20-57(41(62)27-59)42(46(5,6)7)38-22-32(34-23-33(48)14-15-35(34)49)26-56(38)25-31-12-10-9-11-13-31;1-4(6)2-3-5(7)8;3*1-2;2-1-3/h9-15,21-23,26,28-30,36-37,42,51,59,66H,16-20,24-25,27H2,1-8H3,(H2,50,60)(H,52,61)(H,53,64)(H,54,65)(H,55,63);4H,2-3,6H2,1H3,(H,7,8);3*1-2H3;1H,(H,2,3). The zero-order chi connectivity index (χ0) is 64.8. The summed E-state index contributed by atoms with van der Waals surface area (Å²) in [6, 6.07) is 8.10. The van der Waals surface area contributed by atoms with Gasteiger partial charge in [-0.1, -0.05) is 106 Å². The third-order valence-corrected chi connectivity index (χ3v) is 12.4. The molecular weight excluding hydrogens is 1080 g/mol. The predicted molar refractivity (Wildman–Crippen MR) is 316 cm³/mol. The molecule has 0 bridgehead atoms. The molecule has 1 heterocycles. The van der Waals surface area contributed by atoms with E-state index >= 15 is 4.39 Å². The lowest BCUT2D eigenvalue weighted by atomic mass is 9.80. The van der Waals surface area contributed by atoms with E-state index in [1.807, 2.05) is 92.6 Å². The summed E-state index contributed by atoms with van der Waals surface area (Å²) in [4.78, 5) is 110. The zero-order valence-corrected chi connectivity index (χ0v) is 51.3. The van der Waals surface area contributed by atoms with Crippen LogP contribution in [0.2, 0.25) is 0 Å². The lowest BCUT2D eigenvalue weighted by Gasteiger charge is -2.41. The maximum atomic E-state index is 15.3. The van der Waals surface area contributed by atoms with Crippen LogP contribution < -0.4 is 38.1 Å². The summed E-state index contributed by atoms with van der Waals surface area (Å²) >= 11 is 0. The van der Waals surface area contributed by atoms with Gasteiger partial charge in [-0.15, -0.1) is 0 Å². The predicted octanol–water partition coefficient (Wildman–Crippen LogP) is 5.20. The Kier molecular flexibility index (Phi) is 41.1. The Hall–Kier alpha value is -7.15. The number of carboxylic acid groups (broad SMARTS) is 2. The first kappa shape index (κ1) is 80.1. The van der Waals surface area contributed by atoms with Gasteiger partial charge in [-0.25, -0.2) is 8.78 Å². The molecule has 6 amide bonds. The van der Waals surface area contributed by atoms with E-state index in [2.05, 4.69) is 26.6 Å². The number of halogens is 2. The van der Waals surface area contributed by atoms with Gasteiger partial charge in [0.2, 0.25) is 35.4 Å². The molecule has 0 saturated carbocycles. The van der Waals surface area contributed by atoms with E-state index in [1.54, 1.807) is 37.6 Å². The fourth-order valence-electron chi connectivity index (χ4n) is 8.10. The SMILES string of the molecule is CC.CC.CC.CC(N)CCC(=O)O.CNC(C)C(=O)NC(CC(N)=O)C(=O)NC(CCN(C(=O)CO)C(c1cc(-c2cc(F)ccc2F)cn1Cc1ccccc1)C(C)(C)C)C(=O)NC(C)C(O)(CCC(=O)NCC=O)C(C)C.O=CO. The number of carbonyl (C=O) groups excluding carboxylic acids is 7. The molecule has 3 rings (SSSR count). The minimum atomic E-state index is -1.70. The molecule has 0 fully saturated rings. The Bertz CT molecular complexity index is 2420. The van der Waals surface area contributed by atoms with Gasteiger partial charge in [0, 0.05) is 55.0 Å². The molecule has 0 aliphatic rings. The van der Waals surface area contributed by atoms with Gasteiger partial charge < -0.3 is 72.7 Å². The summed E-state index contributed by atoms with van der Waals surface area (Å²) < 4.78 is 31.7. The van der Waals surface area contributed by atoms with Crippen LogP contribution in [0.15, 0.2) is 60.8 Å². The molecule has 0 saturated heterocycles. The molecule has 22 nitrogen and oxygen atoms in total. The minimum Gasteiger partial charge on any atom is -0.483 e. The molecule has 1 aromatic heterocycles. The molecular formula is C59H97F2N9O13. The smallest absolute Gasteiger partial charge is 0.303 e. The van der Waals surface area contributed by atoms with Gasteiger partial charge >= 0.3 is 5.97 Å². The van der Waals surface area contributed by atoms with Gasteiger partial charge in [0.05, 0.1) is 36.7 Å². The Morgan fingerprint density at radius 3 is 1.82 bits per heavy atom. The number of primary amides is 1. The number of aromatic nitrogens is 1. The number of nitrogens with one attached hydrogen (secondary N) is 5. The Labute approximate surface area is 489 Å². The maximum absolute atomic E-state index is 15.3. The van der Waals surface area contributed by atoms with Crippen molar-refractivity contribution < 1.29 is 72.4 Å². The Morgan fingerprint density at radius 2 is 1.35 bits per heavy atom. The molecule has 24 heteroatoms. The Balaban J connectivity index is -0.00000332. The van der Waals surface area contributed by atoms with Crippen LogP contribution in [0.5, 0.6) is 0 Å². The van der Waals surface area contributed by atoms with E-state index in [9.17, 15) is 53.0 Å². The van der Waals surface area contributed by atoms with E-state index in [-0.39, 0.29) is 63.4 Å². The third kappa shape index (κ3) is 29.6. The summed E-state index contributed by atoms with van der Waals surface area (Å²) in [6.07, 6.45) is 1.57. The molecule has 13 N–H and O–H groups in total. The van der Waals surface area contributed by atoms with Crippen LogP contribution in [-0.2, 0) is 49.7 Å². The van der Waals surface area contributed by atoms with Crippen molar-refractivity contribution in [1.82, 2.24) is 36.1 Å². The van der Waals surface area contributed by atoms with E-state index in [1.165, 1.54) is 25.8 Å². The largest absolute Gasteiger partial charge is 0.483 e. The number of hydrogen-bond donors (Lipinski definition) is 11. The number of carboxylic acids is 1. The molecule has 7 unspecified atom stereocenters. The number of nitrogens with two attached hydrogens (primary N) is 2. The van der Waals surface area contributed by atoms with Crippen LogP contribution in [0.3, 0.4) is 0 Å². The molecule has 0 aliphatic carbocycles. The first-order chi connectivity index (χ1) is 39.0. The maximum Gasteiger partial charge on any atom is 0.303 e. The van der Waals surface area contributed by atoms with Gasteiger partial charge in [0.15, 0.2) is 0 Å². The number of aldehydes is 1. The lowest BCUT2D eigenvalue weighted by Crippen LogP contribution is -2.60. The van der Waals surface area contributed by atoms with Crippen molar-refractivity contribution in [3.05, 3.63) is 83.7 Å². The average molecular weight is 1180 g/mol. The van der Waals surface area contributed by atoms with Crippen LogP contribution >= 0.6 is 0 Å². The van der Waals surface area contributed by atoms with E-state index in [0.717, 1.165) is 23.8 Å². The second-order valence-electron chi connectivity index (χ2n) is 19.9. The van der Waals surface area contributed by atoms with Crippen LogP contribution in [-0.4, -0.2) is 147 Å². The van der Waals surface area contributed by atoms with Crippen molar-refractivity contribution in [2.24, 2.45) is 22.8 Å². The van der Waals surface area contributed by atoms with Crippen LogP contribution in [0, 0.1) is 23.0 Å². The van der Waals surface area contributed by atoms with Crippen molar-refractivity contribution >= 4 is 54.2 Å². The number of aliphatic carboxylic acids is 1. The fraction of sp³-hybridized carbons (Fsp3) is 0.576.